The van der Waals surface area contributed by atoms with Gasteiger partial charge in [0.25, 0.3) is 0 Å². The molecule has 0 saturated carbocycles. The van der Waals surface area contributed by atoms with Crippen LogP contribution in [0.5, 0.6) is 0 Å². The topological polar surface area (TPSA) is 41.6 Å². The fraction of sp³-hybridized carbons (Fsp3) is 0.556. The number of halogens is 1. The van der Waals surface area contributed by atoms with Gasteiger partial charge in [0.2, 0.25) is 0 Å². The van der Waals surface area contributed by atoms with Crippen LogP contribution in [0.4, 0.5) is 0 Å². The average molecular weight is 198 g/mol. The molecule has 0 radical (unpaired) electrons. The number of aromatic nitrogens is 2. The van der Waals surface area contributed by atoms with E-state index in [1.54, 1.807) is 11.6 Å². The fourth-order valence-electron chi connectivity index (χ4n) is 1.11. The number of hydrogen-bond acceptors (Lipinski definition) is 2. The molecule has 0 aliphatic heterocycles. The monoisotopic (exact) mass is 197 g/mol. The van der Waals surface area contributed by atoms with Crippen molar-refractivity contribution in [2.75, 3.05) is 0 Å². The third-order valence-electron chi connectivity index (χ3n) is 2.15. The minimum absolute atomic E-state index is 0.244. The lowest BCUT2D eigenvalue weighted by molar-refractivity contribution is 0.476. The third kappa shape index (κ3) is 1.68. The van der Waals surface area contributed by atoms with Crippen LogP contribution in [0.1, 0.15) is 37.6 Å². The van der Waals surface area contributed by atoms with Gasteiger partial charge in [-0.05, 0) is 20.3 Å². The third-order valence-corrected chi connectivity index (χ3v) is 2.51. The van der Waals surface area contributed by atoms with Gasteiger partial charge in [-0.1, -0.05) is 18.5 Å². The van der Waals surface area contributed by atoms with Crippen LogP contribution < -0.4 is 0 Å². The van der Waals surface area contributed by atoms with Gasteiger partial charge in [0.15, 0.2) is 0 Å². The van der Waals surface area contributed by atoms with Crippen molar-refractivity contribution in [1.29, 1.82) is 5.26 Å². The standard InChI is InChI=1S/C9H12ClN3/c1-4-6(2)13-9(10)8(5-11)7(3)12-13/h6H,4H2,1-3H3. The molecule has 0 fully saturated rings. The van der Waals surface area contributed by atoms with Gasteiger partial charge in [-0.3, -0.25) is 0 Å². The van der Waals surface area contributed by atoms with Crippen molar-refractivity contribution in [3.8, 4) is 6.07 Å². The minimum Gasteiger partial charge on any atom is -0.250 e. The molecule has 4 heteroatoms. The second-order valence-electron chi connectivity index (χ2n) is 3.06. The number of rotatable bonds is 2. The van der Waals surface area contributed by atoms with E-state index in [1.165, 1.54) is 0 Å². The first-order valence-corrected chi connectivity index (χ1v) is 4.64. The summed E-state index contributed by atoms with van der Waals surface area (Å²) in [6.07, 6.45) is 0.950. The molecule has 0 saturated heterocycles. The Kier molecular flexibility index (Phi) is 2.94. The first-order chi connectivity index (χ1) is 6.11. The quantitative estimate of drug-likeness (QED) is 0.732. The van der Waals surface area contributed by atoms with Gasteiger partial charge in [-0.25, -0.2) is 4.68 Å². The summed E-state index contributed by atoms with van der Waals surface area (Å²) < 4.78 is 1.70. The number of hydrogen-bond donors (Lipinski definition) is 0. The molecule has 1 aromatic heterocycles. The number of aryl methyl sites for hydroxylation is 1. The van der Waals surface area contributed by atoms with Crippen molar-refractivity contribution in [3.63, 3.8) is 0 Å². The Morgan fingerprint density at radius 3 is 2.69 bits per heavy atom. The van der Waals surface area contributed by atoms with Crippen molar-refractivity contribution < 1.29 is 0 Å². The van der Waals surface area contributed by atoms with Crippen LogP contribution in [0.15, 0.2) is 0 Å². The molecule has 70 valence electrons. The molecule has 1 aromatic rings. The van der Waals surface area contributed by atoms with Crippen molar-refractivity contribution in [1.82, 2.24) is 9.78 Å². The van der Waals surface area contributed by atoms with E-state index in [2.05, 4.69) is 12.0 Å². The van der Waals surface area contributed by atoms with E-state index in [1.807, 2.05) is 13.0 Å². The lowest BCUT2D eigenvalue weighted by atomic mass is 10.2. The molecule has 0 spiro atoms. The molecule has 1 rings (SSSR count). The Hall–Kier alpha value is -1.01. The Morgan fingerprint density at radius 1 is 1.69 bits per heavy atom. The summed E-state index contributed by atoms with van der Waals surface area (Å²) in [6.45, 7) is 5.88. The molecular weight excluding hydrogens is 186 g/mol. The summed E-state index contributed by atoms with van der Waals surface area (Å²) in [5.41, 5.74) is 1.19. The highest BCUT2D eigenvalue weighted by Crippen LogP contribution is 2.23. The van der Waals surface area contributed by atoms with E-state index in [9.17, 15) is 0 Å². The van der Waals surface area contributed by atoms with Crippen molar-refractivity contribution in [3.05, 3.63) is 16.4 Å². The predicted octanol–water partition coefficient (Wildman–Crippen LogP) is 2.69. The normalized spacial score (nSPS) is 12.5. The van der Waals surface area contributed by atoms with Gasteiger partial charge < -0.3 is 0 Å². The molecule has 0 amide bonds. The number of nitriles is 1. The van der Waals surface area contributed by atoms with E-state index in [-0.39, 0.29) is 6.04 Å². The minimum atomic E-state index is 0.244. The van der Waals surface area contributed by atoms with Crippen molar-refractivity contribution in [2.45, 2.75) is 33.2 Å². The van der Waals surface area contributed by atoms with Crippen molar-refractivity contribution >= 4 is 11.6 Å². The van der Waals surface area contributed by atoms with Crippen LogP contribution in [-0.4, -0.2) is 9.78 Å². The maximum atomic E-state index is 8.78. The molecule has 3 nitrogen and oxygen atoms in total. The molecule has 0 bridgehead atoms. The summed E-state index contributed by atoms with van der Waals surface area (Å²) in [7, 11) is 0. The van der Waals surface area contributed by atoms with Crippen LogP contribution in [-0.2, 0) is 0 Å². The van der Waals surface area contributed by atoms with Crippen LogP contribution >= 0.6 is 11.6 Å². The highest BCUT2D eigenvalue weighted by atomic mass is 35.5. The van der Waals surface area contributed by atoms with Gasteiger partial charge in [0.05, 0.1) is 11.7 Å². The number of nitrogens with zero attached hydrogens (tertiary/aromatic N) is 3. The zero-order valence-electron chi connectivity index (χ0n) is 8.00. The Morgan fingerprint density at radius 2 is 2.31 bits per heavy atom. The lowest BCUT2D eigenvalue weighted by Gasteiger charge is -2.09. The van der Waals surface area contributed by atoms with Crippen LogP contribution in [0.3, 0.4) is 0 Å². The summed E-state index contributed by atoms with van der Waals surface area (Å²) in [4.78, 5) is 0. The Bertz CT molecular complexity index is 348. The van der Waals surface area contributed by atoms with Gasteiger partial charge in [0, 0.05) is 0 Å². The molecular formula is C9H12ClN3. The van der Waals surface area contributed by atoms with E-state index < -0.39 is 0 Å². The zero-order valence-corrected chi connectivity index (χ0v) is 8.76. The molecule has 1 atom stereocenters. The predicted molar refractivity (Wildman–Crippen MR) is 51.7 cm³/mol. The zero-order chi connectivity index (χ0) is 10.0. The van der Waals surface area contributed by atoms with E-state index in [4.69, 9.17) is 16.9 Å². The highest BCUT2D eigenvalue weighted by Gasteiger charge is 2.15. The van der Waals surface area contributed by atoms with Crippen LogP contribution in [0.2, 0.25) is 5.15 Å². The van der Waals surface area contributed by atoms with Gasteiger partial charge in [-0.15, -0.1) is 0 Å². The summed E-state index contributed by atoms with van der Waals surface area (Å²) in [5.74, 6) is 0. The van der Waals surface area contributed by atoms with E-state index >= 15 is 0 Å². The molecule has 0 aliphatic carbocycles. The molecule has 0 aromatic carbocycles. The molecule has 1 heterocycles. The first-order valence-electron chi connectivity index (χ1n) is 4.26. The van der Waals surface area contributed by atoms with E-state index in [0.717, 1.165) is 6.42 Å². The smallest absolute Gasteiger partial charge is 0.145 e. The summed E-state index contributed by atoms with van der Waals surface area (Å²) >= 11 is 5.98. The van der Waals surface area contributed by atoms with Gasteiger partial charge in [0.1, 0.15) is 16.8 Å². The highest BCUT2D eigenvalue weighted by molar-refractivity contribution is 6.30. The second kappa shape index (κ2) is 3.80. The molecule has 0 N–H and O–H groups in total. The van der Waals surface area contributed by atoms with Crippen LogP contribution in [0, 0.1) is 18.3 Å². The largest absolute Gasteiger partial charge is 0.250 e. The first kappa shape index (κ1) is 10.1. The van der Waals surface area contributed by atoms with Crippen LogP contribution in [0.25, 0.3) is 0 Å². The van der Waals surface area contributed by atoms with Crippen molar-refractivity contribution in [2.24, 2.45) is 0 Å². The maximum absolute atomic E-state index is 8.78. The fourth-order valence-corrected chi connectivity index (χ4v) is 1.49. The lowest BCUT2D eigenvalue weighted by Crippen LogP contribution is -2.05. The molecule has 13 heavy (non-hydrogen) atoms. The molecule has 0 aliphatic rings. The second-order valence-corrected chi connectivity index (χ2v) is 3.42. The summed E-state index contributed by atoms with van der Waals surface area (Å²) in [6, 6.07) is 2.29. The summed E-state index contributed by atoms with van der Waals surface area (Å²) in [5, 5.41) is 13.4. The van der Waals surface area contributed by atoms with E-state index in [0.29, 0.717) is 16.4 Å². The Balaban J connectivity index is 3.20. The van der Waals surface area contributed by atoms with Gasteiger partial charge >= 0.3 is 0 Å². The average Bonchev–Trinajstić information content (AvgIpc) is 2.40. The van der Waals surface area contributed by atoms with Gasteiger partial charge in [-0.2, -0.15) is 10.4 Å². The Labute approximate surface area is 82.9 Å². The maximum Gasteiger partial charge on any atom is 0.145 e. The molecule has 1 unspecified atom stereocenters. The SMILES string of the molecule is CCC(C)n1nc(C)c(C#N)c1Cl.